The van der Waals surface area contributed by atoms with Crippen molar-refractivity contribution in [1.82, 2.24) is 0 Å². The van der Waals surface area contributed by atoms with Gasteiger partial charge in [0.2, 0.25) is 0 Å². The van der Waals surface area contributed by atoms with Gasteiger partial charge in [-0.25, -0.2) is 0 Å². The van der Waals surface area contributed by atoms with Crippen LogP contribution in [-0.4, -0.2) is 0 Å². The maximum Gasteiger partial charge on any atom is -0.00269 e. The number of hydrogen-bond acceptors (Lipinski definition) is 0. The summed E-state index contributed by atoms with van der Waals surface area (Å²) in [5, 5.41) is 0. The molecule has 0 bridgehead atoms. The molecule has 0 N–H and O–H groups in total. The van der Waals surface area contributed by atoms with Crippen molar-refractivity contribution in [2.45, 2.75) is 20.3 Å². The molecule has 4 rings (SSSR count). The van der Waals surface area contributed by atoms with Crippen molar-refractivity contribution in [1.29, 1.82) is 0 Å². The molecule has 138 valence electrons. The lowest BCUT2D eigenvalue weighted by Gasteiger charge is -2.21. The minimum atomic E-state index is 0.598. The molecule has 3 aromatic carbocycles. The van der Waals surface area contributed by atoms with Gasteiger partial charge in [-0.2, -0.15) is 0 Å². The molecule has 3 aromatic rings. The van der Waals surface area contributed by atoms with E-state index in [2.05, 4.69) is 117 Å². The Balaban J connectivity index is 2.03. The number of benzene rings is 3. The molecule has 0 fully saturated rings. The smallest absolute Gasteiger partial charge is 0.00269 e. The molecule has 0 heterocycles. The number of hydrogen-bond donors (Lipinski definition) is 0. The maximum atomic E-state index is 2.39. The van der Waals surface area contributed by atoms with Gasteiger partial charge >= 0.3 is 0 Å². The van der Waals surface area contributed by atoms with Crippen LogP contribution in [0.2, 0.25) is 0 Å². The van der Waals surface area contributed by atoms with E-state index in [0.717, 1.165) is 6.42 Å². The number of rotatable bonds is 4. The van der Waals surface area contributed by atoms with Crippen LogP contribution in [0, 0.1) is 12.8 Å². The van der Waals surface area contributed by atoms with E-state index in [1.165, 1.54) is 39.0 Å². The predicted molar refractivity (Wildman–Crippen MR) is 121 cm³/mol. The van der Waals surface area contributed by atoms with Crippen molar-refractivity contribution in [2.24, 2.45) is 5.92 Å². The summed E-state index contributed by atoms with van der Waals surface area (Å²) >= 11 is 0. The second kappa shape index (κ2) is 8.27. The van der Waals surface area contributed by atoms with Crippen molar-refractivity contribution < 1.29 is 0 Å². The molecule has 0 saturated heterocycles. The first-order chi connectivity index (χ1) is 13.7. The molecule has 1 aliphatic rings. The molecule has 1 aliphatic carbocycles. The van der Waals surface area contributed by atoms with Gasteiger partial charge < -0.3 is 0 Å². The zero-order valence-electron chi connectivity index (χ0n) is 16.6. The monoisotopic (exact) mass is 362 g/mol. The summed E-state index contributed by atoms with van der Waals surface area (Å²) in [4.78, 5) is 0. The fraction of sp³-hybridized carbons (Fsp3) is 0.143. The van der Waals surface area contributed by atoms with Crippen molar-refractivity contribution in [3.8, 4) is 0 Å². The Labute approximate surface area is 168 Å². The van der Waals surface area contributed by atoms with E-state index in [9.17, 15) is 0 Å². The van der Waals surface area contributed by atoms with E-state index in [4.69, 9.17) is 0 Å². The summed E-state index contributed by atoms with van der Waals surface area (Å²) in [7, 11) is 0. The Hall–Kier alpha value is -3.12. The molecule has 0 amide bonds. The SMILES string of the molecule is Cc1ccc(/C(=C(\C2=CCC(C)C=C2)c2ccccc2)c2ccccc2)cc1. The molecule has 0 nitrogen and oxygen atoms in total. The average molecular weight is 363 g/mol. The van der Waals surface area contributed by atoms with Crippen LogP contribution in [0.5, 0.6) is 0 Å². The van der Waals surface area contributed by atoms with Gasteiger partial charge in [0.05, 0.1) is 0 Å². The fourth-order valence-corrected chi connectivity index (χ4v) is 3.75. The summed E-state index contributed by atoms with van der Waals surface area (Å²) in [6, 6.07) is 30.4. The minimum absolute atomic E-state index is 0.598. The maximum absolute atomic E-state index is 2.39. The van der Waals surface area contributed by atoms with Crippen molar-refractivity contribution in [3.63, 3.8) is 0 Å². The summed E-state index contributed by atoms with van der Waals surface area (Å²) < 4.78 is 0. The highest BCUT2D eigenvalue weighted by molar-refractivity contribution is 6.05. The molecular formula is C28H26. The Morgan fingerprint density at radius 2 is 1.21 bits per heavy atom. The first kappa shape index (κ1) is 18.3. The largest absolute Gasteiger partial charge is 0.0808 e. The highest BCUT2D eigenvalue weighted by Gasteiger charge is 2.18. The normalized spacial score (nSPS) is 17.1. The van der Waals surface area contributed by atoms with E-state index in [0.29, 0.717) is 5.92 Å². The van der Waals surface area contributed by atoms with Crippen LogP contribution in [0.4, 0.5) is 0 Å². The van der Waals surface area contributed by atoms with Crippen LogP contribution in [0.1, 0.15) is 35.6 Å². The lowest BCUT2D eigenvalue weighted by atomic mass is 9.83. The van der Waals surface area contributed by atoms with Crippen LogP contribution in [-0.2, 0) is 0 Å². The second-order valence-electron chi connectivity index (χ2n) is 7.58. The van der Waals surface area contributed by atoms with Crippen LogP contribution in [0.25, 0.3) is 11.1 Å². The van der Waals surface area contributed by atoms with E-state index in [1.807, 2.05) is 0 Å². The molecule has 0 heteroatoms. The average Bonchev–Trinajstić information content (AvgIpc) is 2.75. The molecule has 0 aliphatic heterocycles. The summed E-state index contributed by atoms with van der Waals surface area (Å²) in [5.74, 6) is 0.598. The third-order valence-corrected chi connectivity index (χ3v) is 5.32. The van der Waals surface area contributed by atoms with Gasteiger partial charge in [-0.1, -0.05) is 116 Å². The Kier molecular flexibility index (Phi) is 5.39. The van der Waals surface area contributed by atoms with Gasteiger partial charge in [-0.15, -0.1) is 0 Å². The quantitative estimate of drug-likeness (QED) is 0.422. The van der Waals surface area contributed by atoms with Crippen molar-refractivity contribution in [3.05, 3.63) is 131 Å². The molecule has 0 aromatic heterocycles. The summed E-state index contributed by atoms with van der Waals surface area (Å²) in [6.45, 7) is 4.41. The first-order valence-electron chi connectivity index (χ1n) is 10.0. The second-order valence-corrected chi connectivity index (χ2v) is 7.58. The van der Waals surface area contributed by atoms with E-state index < -0.39 is 0 Å². The van der Waals surface area contributed by atoms with Gasteiger partial charge in [-0.3, -0.25) is 0 Å². The Bertz CT molecular complexity index is 1020. The van der Waals surface area contributed by atoms with E-state index in [1.54, 1.807) is 0 Å². The minimum Gasteiger partial charge on any atom is -0.0808 e. The van der Waals surface area contributed by atoms with Crippen molar-refractivity contribution in [2.75, 3.05) is 0 Å². The molecule has 1 unspecified atom stereocenters. The standard InChI is InChI=1S/C28H26/c1-21-13-17-25(18-14-21)27(23-9-5-3-6-10-23)28(24-11-7-4-8-12-24)26-19-15-22(2)16-20-26/h3-15,17-20,22H,16H2,1-2H3/b28-27-. The third kappa shape index (κ3) is 3.92. The van der Waals surface area contributed by atoms with Crippen LogP contribution >= 0.6 is 0 Å². The molecule has 0 saturated carbocycles. The van der Waals surface area contributed by atoms with E-state index in [-0.39, 0.29) is 0 Å². The third-order valence-electron chi connectivity index (χ3n) is 5.32. The predicted octanol–water partition coefficient (Wildman–Crippen LogP) is 7.48. The molecule has 0 spiro atoms. The van der Waals surface area contributed by atoms with Crippen molar-refractivity contribution >= 4 is 11.1 Å². The molecule has 28 heavy (non-hydrogen) atoms. The van der Waals surface area contributed by atoms with Crippen LogP contribution in [0.3, 0.4) is 0 Å². The summed E-state index contributed by atoms with van der Waals surface area (Å²) in [5.41, 5.74) is 8.94. The molecule has 0 radical (unpaired) electrons. The van der Waals surface area contributed by atoms with Gasteiger partial charge in [0, 0.05) is 0 Å². The highest BCUT2D eigenvalue weighted by Crippen LogP contribution is 2.38. The molecular weight excluding hydrogens is 336 g/mol. The lowest BCUT2D eigenvalue weighted by molar-refractivity contribution is 0.734. The summed E-state index contributed by atoms with van der Waals surface area (Å²) in [6.07, 6.45) is 8.10. The van der Waals surface area contributed by atoms with Crippen LogP contribution < -0.4 is 0 Å². The van der Waals surface area contributed by atoms with Gasteiger partial charge in [0.15, 0.2) is 0 Å². The molecule has 1 atom stereocenters. The van der Waals surface area contributed by atoms with Gasteiger partial charge in [0.25, 0.3) is 0 Å². The lowest BCUT2D eigenvalue weighted by Crippen LogP contribution is -2.01. The first-order valence-corrected chi connectivity index (χ1v) is 10.0. The van der Waals surface area contributed by atoms with Crippen LogP contribution in [0.15, 0.2) is 109 Å². The van der Waals surface area contributed by atoms with Gasteiger partial charge in [-0.05, 0) is 52.7 Å². The zero-order valence-corrected chi connectivity index (χ0v) is 16.6. The Morgan fingerprint density at radius 3 is 1.75 bits per heavy atom. The zero-order chi connectivity index (χ0) is 19.3. The Morgan fingerprint density at radius 1 is 0.679 bits per heavy atom. The number of aryl methyl sites for hydroxylation is 1. The topological polar surface area (TPSA) is 0 Å². The van der Waals surface area contributed by atoms with E-state index >= 15 is 0 Å². The number of allylic oxidation sites excluding steroid dienone is 5. The highest BCUT2D eigenvalue weighted by atomic mass is 14.2. The fourth-order valence-electron chi connectivity index (χ4n) is 3.75. The van der Waals surface area contributed by atoms with Gasteiger partial charge in [0.1, 0.15) is 0 Å².